The number of para-hydroxylation sites is 1. The summed E-state index contributed by atoms with van der Waals surface area (Å²) in [6, 6.07) is 14.0. The zero-order chi connectivity index (χ0) is 30.4. The number of piperidine rings is 1. The highest BCUT2D eigenvalue weighted by atomic mass is 79.9. The van der Waals surface area contributed by atoms with E-state index in [1.54, 1.807) is 6.07 Å². The van der Waals surface area contributed by atoms with Crippen molar-refractivity contribution in [3.63, 3.8) is 0 Å². The summed E-state index contributed by atoms with van der Waals surface area (Å²) in [6.07, 6.45) is -1.74. The predicted molar refractivity (Wildman–Crippen MR) is 157 cm³/mol. The number of aryl methyl sites for hydroxylation is 1. The molecule has 3 aromatic rings. The number of methoxy groups -OCH3 is 2. The molecule has 3 aromatic carbocycles. The van der Waals surface area contributed by atoms with Crippen LogP contribution in [-0.2, 0) is 16.0 Å². The molecule has 1 saturated heterocycles. The van der Waals surface area contributed by atoms with Gasteiger partial charge in [-0.05, 0) is 79.8 Å². The topological polar surface area (TPSA) is 80.3 Å². The van der Waals surface area contributed by atoms with E-state index in [2.05, 4.69) is 31.0 Å². The molecule has 0 aliphatic carbocycles. The Balaban J connectivity index is 1.72. The fourth-order valence-electron chi connectivity index (χ4n) is 4.79. The van der Waals surface area contributed by atoms with E-state index >= 15 is 0 Å². The van der Waals surface area contributed by atoms with Crippen molar-refractivity contribution in [3.05, 3.63) is 75.8 Å². The standard InChI is InChI=1S/C30H31BrF3N3O5/c1-19-8-7-9-25(36-14-5-4-6-15-36)28(19)35-37(21-10-12-22(13-11-21)42-30(32,33)34)27(38)17-20-16-26(40-2)23(18-24(20)31)29(39)41-3/h7-13,16,18,35H,4-6,14-15,17H2,1-3H3. The fraction of sp³-hybridized carbons (Fsp3) is 0.333. The van der Waals surface area contributed by atoms with Gasteiger partial charge >= 0.3 is 12.3 Å². The van der Waals surface area contributed by atoms with Crippen LogP contribution < -0.4 is 24.8 Å². The van der Waals surface area contributed by atoms with Crippen molar-refractivity contribution in [2.45, 2.75) is 39.0 Å². The van der Waals surface area contributed by atoms with E-state index < -0.39 is 24.0 Å². The first kappa shape index (κ1) is 31.0. The minimum absolute atomic E-state index is 0.142. The molecule has 0 atom stereocenters. The normalized spacial score (nSPS) is 13.4. The summed E-state index contributed by atoms with van der Waals surface area (Å²) in [4.78, 5) is 28.4. The number of nitrogens with one attached hydrogen (secondary N) is 1. The number of amides is 1. The van der Waals surface area contributed by atoms with E-state index in [0.29, 0.717) is 21.4 Å². The Labute approximate surface area is 250 Å². The maximum Gasteiger partial charge on any atom is 0.573 e. The first-order valence-electron chi connectivity index (χ1n) is 13.3. The fourth-order valence-corrected chi connectivity index (χ4v) is 5.27. The first-order valence-corrected chi connectivity index (χ1v) is 14.0. The summed E-state index contributed by atoms with van der Waals surface area (Å²) in [5.74, 6) is -1.19. The van der Waals surface area contributed by atoms with Crippen LogP contribution in [0.3, 0.4) is 0 Å². The molecule has 224 valence electrons. The van der Waals surface area contributed by atoms with Crippen LogP contribution in [0.2, 0.25) is 0 Å². The summed E-state index contributed by atoms with van der Waals surface area (Å²) < 4.78 is 53.0. The number of nitrogens with zero attached hydrogens (tertiary/aromatic N) is 2. The van der Waals surface area contributed by atoms with Gasteiger partial charge < -0.3 is 19.1 Å². The van der Waals surface area contributed by atoms with Crippen molar-refractivity contribution in [2.75, 3.05) is 42.6 Å². The van der Waals surface area contributed by atoms with Crippen molar-refractivity contribution >= 4 is 44.9 Å². The number of carbonyl (C=O) groups is 2. The third-order valence-electron chi connectivity index (χ3n) is 6.86. The second-order valence-corrected chi connectivity index (χ2v) is 10.6. The van der Waals surface area contributed by atoms with Crippen LogP contribution in [0.4, 0.5) is 30.2 Å². The molecule has 1 N–H and O–H groups in total. The van der Waals surface area contributed by atoms with Crippen LogP contribution in [-0.4, -0.2) is 45.5 Å². The van der Waals surface area contributed by atoms with Crippen molar-refractivity contribution < 1.29 is 37.0 Å². The Morgan fingerprint density at radius 2 is 1.71 bits per heavy atom. The molecule has 0 radical (unpaired) electrons. The average Bonchev–Trinajstić information content (AvgIpc) is 2.97. The second kappa shape index (κ2) is 13.4. The smallest absolute Gasteiger partial charge is 0.496 e. The number of rotatable bonds is 9. The van der Waals surface area contributed by atoms with Gasteiger partial charge in [-0.3, -0.25) is 10.2 Å². The molecule has 0 aromatic heterocycles. The van der Waals surface area contributed by atoms with E-state index in [1.165, 1.54) is 37.4 Å². The molecular weight excluding hydrogens is 619 g/mol. The van der Waals surface area contributed by atoms with Crippen LogP contribution in [0.15, 0.2) is 59.1 Å². The van der Waals surface area contributed by atoms with Crippen molar-refractivity contribution in [1.82, 2.24) is 0 Å². The van der Waals surface area contributed by atoms with Crippen molar-refractivity contribution in [3.8, 4) is 11.5 Å². The summed E-state index contributed by atoms with van der Waals surface area (Å²) in [5.41, 5.74) is 6.79. The second-order valence-electron chi connectivity index (χ2n) is 9.71. The Morgan fingerprint density at radius 1 is 1.02 bits per heavy atom. The van der Waals surface area contributed by atoms with Gasteiger partial charge in [0.2, 0.25) is 5.91 Å². The van der Waals surface area contributed by atoms with Crippen LogP contribution in [0.1, 0.15) is 40.7 Å². The number of halogens is 4. The Morgan fingerprint density at radius 3 is 2.33 bits per heavy atom. The maximum absolute atomic E-state index is 13.9. The molecule has 0 saturated carbocycles. The summed E-state index contributed by atoms with van der Waals surface area (Å²) in [7, 11) is 2.66. The number of carbonyl (C=O) groups excluding carboxylic acids is 2. The molecule has 1 aliphatic rings. The highest BCUT2D eigenvalue weighted by Gasteiger charge is 2.31. The lowest BCUT2D eigenvalue weighted by molar-refractivity contribution is -0.274. The Bertz CT molecular complexity index is 1430. The molecule has 1 fully saturated rings. The molecule has 0 bridgehead atoms. The summed E-state index contributed by atoms with van der Waals surface area (Å²) in [6.45, 7) is 3.66. The molecule has 4 rings (SSSR count). The lowest BCUT2D eigenvalue weighted by Crippen LogP contribution is -2.39. The van der Waals surface area contributed by atoms with Crippen LogP contribution >= 0.6 is 15.9 Å². The molecule has 1 amide bonds. The molecule has 1 aliphatic heterocycles. The van der Waals surface area contributed by atoms with Gasteiger partial charge in [-0.25, -0.2) is 9.80 Å². The largest absolute Gasteiger partial charge is 0.573 e. The minimum Gasteiger partial charge on any atom is -0.496 e. The Hall–Kier alpha value is -3.93. The van der Waals surface area contributed by atoms with E-state index in [9.17, 15) is 22.8 Å². The van der Waals surface area contributed by atoms with Gasteiger partial charge in [0.25, 0.3) is 0 Å². The monoisotopic (exact) mass is 649 g/mol. The minimum atomic E-state index is -4.85. The van der Waals surface area contributed by atoms with Gasteiger partial charge in [0, 0.05) is 17.6 Å². The number of alkyl halides is 3. The SMILES string of the molecule is COC(=O)c1cc(Br)c(CC(=O)N(Nc2c(C)cccc2N2CCCCC2)c2ccc(OC(F)(F)F)cc2)cc1OC. The highest BCUT2D eigenvalue weighted by molar-refractivity contribution is 9.10. The zero-order valence-electron chi connectivity index (χ0n) is 23.4. The van der Waals surface area contributed by atoms with Crippen molar-refractivity contribution in [1.29, 1.82) is 0 Å². The van der Waals surface area contributed by atoms with Gasteiger partial charge in [0.05, 0.1) is 37.7 Å². The van der Waals surface area contributed by atoms with E-state index in [4.69, 9.17) is 9.47 Å². The lowest BCUT2D eigenvalue weighted by Gasteiger charge is -2.33. The quantitative estimate of drug-likeness (QED) is 0.197. The highest BCUT2D eigenvalue weighted by Crippen LogP contribution is 2.34. The van der Waals surface area contributed by atoms with Crippen LogP contribution in [0, 0.1) is 6.92 Å². The molecule has 42 heavy (non-hydrogen) atoms. The number of anilines is 3. The number of benzene rings is 3. The van der Waals surface area contributed by atoms with Gasteiger partial charge in [-0.1, -0.05) is 28.1 Å². The molecule has 1 heterocycles. The average molecular weight is 650 g/mol. The van der Waals surface area contributed by atoms with Crippen molar-refractivity contribution in [2.24, 2.45) is 0 Å². The number of esters is 1. The molecule has 12 heteroatoms. The maximum atomic E-state index is 13.9. The van der Waals surface area contributed by atoms with E-state index in [-0.39, 0.29) is 17.7 Å². The lowest BCUT2D eigenvalue weighted by atomic mass is 10.1. The third kappa shape index (κ3) is 7.47. The van der Waals surface area contributed by atoms with Crippen LogP contribution in [0.5, 0.6) is 11.5 Å². The van der Waals surface area contributed by atoms with Gasteiger partial charge in [-0.2, -0.15) is 0 Å². The zero-order valence-corrected chi connectivity index (χ0v) is 25.0. The van der Waals surface area contributed by atoms with Gasteiger partial charge in [0.1, 0.15) is 17.1 Å². The van der Waals surface area contributed by atoms with Gasteiger partial charge in [0.15, 0.2) is 0 Å². The molecule has 8 nitrogen and oxygen atoms in total. The molecule has 0 unspecified atom stereocenters. The molecular formula is C30H31BrF3N3O5. The molecule has 0 spiro atoms. The first-order chi connectivity index (χ1) is 20.0. The number of ether oxygens (including phenoxy) is 3. The van der Waals surface area contributed by atoms with Crippen LogP contribution in [0.25, 0.3) is 0 Å². The van der Waals surface area contributed by atoms with Gasteiger partial charge in [-0.15, -0.1) is 13.2 Å². The number of hydrogen-bond donors (Lipinski definition) is 1. The third-order valence-corrected chi connectivity index (χ3v) is 7.60. The Kier molecular flexibility index (Phi) is 9.87. The van der Waals surface area contributed by atoms with E-state index in [1.807, 2.05) is 25.1 Å². The summed E-state index contributed by atoms with van der Waals surface area (Å²) in [5, 5.41) is 1.31. The number of hydrazine groups is 1. The number of hydrogen-bond acceptors (Lipinski definition) is 7. The predicted octanol–water partition coefficient (Wildman–Crippen LogP) is 7.04. The summed E-state index contributed by atoms with van der Waals surface area (Å²) >= 11 is 3.44. The van der Waals surface area contributed by atoms with E-state index in [0.717, 1.165) is 55.7 Å².